The molecule has 0 aliphatic rings. The summed E-state index contributed by atoms with van der Waals surface area (Å²) in [5.74, 6) is -0.804. The zero-order valence-corrected chi connectivity index (χ0v) is 14.9. The summed E-state index contributed by atoms with van der Waals surface area (Å²) in [6.07, 6.45) is 3.03. The molecule has 6 nitrogen and oxygen atoms in total. The minimum absolute atomic E-state index is 0.0989. The average molecular weight is 352 g/mol. The fourth-order valence-corrected chi connectivity index (χ4v) is 2.16. The maximum atomic E-state index is 12.0. The molecule has 0 aliphatic carbocycles. The summed E-state index contributed by atoms with van der Waals surface area (Å²) >= 11 is 0. The van der Waals surface area contributed by atoms with Gasteiger partial charge in [0.15, 0.2) is 0 Å². The number of nitrogens with one attached hydrogen (secondary N) is 1. The number of nitrogens with zero attached hydrogens (tertiary/aromatic N) is 1. The second-order valence-electron chi connectivity index (χ2n) is 5.71. The van der Waals surface area contributed by atoms with E-state index in [1.54, 1.807) is 68.7 Å². The molecule has 0 saturated heterocycles. The minimum atomic E-state index is -0.408. The number of methoxy groups -OCH3 is 1. The van der Waals surface area contributed by atoms with E-state index in [9.17, 15) is 14.4 Å². The topological polar surface area (TPSA) is 75.7 Å². The van der Waals surface area contributed by atoms with Gasteiger partial charge in [-0.3, -0.25) is 9.59 Å². The quantitative estimate of drug-likeness (QED) is 0.663. The Morgan fingerprint density at radius 3 is 2.04 bits per heavy atom. The Kier molecular flexibility index (Phi) is 6.27. The van der Waals surface area contributed by atoms with Crippen LogP contribution in [0.5, 0.6) is 0 Å². The van der Waals surface area contributed by atoms with Crippen molar-refractivity contribution in [2.24, 2.45) is 0 Å². The number of hydrogen-bond acceptors (Lipinski definition) is 4. The molecule has 6 heteroatoms. The number of hydrogen-bond donors (Lipinski definition) is 1. The summed E-state index contributed by atoms with van der Waals surface area (Å²) in [5, 5.41) is 2.72. The Labute approximate surface area is 152 Å². The summed E-state index contributed by atoms with van der Waals surface area (Å²) in [6.45, 7) is 0. The normalized spacial score (nSPS) is 10.4. The van der Waals surface area contributed by atoms with Crippen molar-refractivity contribution in [2.75, 3.05) is 26.5 Å². The maximum Gasteiger partial charge on any atom is 0.337 e. The molecule has 0 fully saturated rings. The highest BCUT2D eigenvalue weighted by atomic mass is 16.5. The van der Waals surface area contributed by atoms with Crippen molar-refractivity contribution in [3.05, 3.63) is 71.3 Å². The Morgan fingerprint density at radius 1 is 0.923 bits per heavy atom. The molecule has 2 aromatic carbocycles. The minimum Gasteiger partial charge on any atom is -0.465 e. The molecule has 2 amide bonds. The molecule has 26 heavy (non-hydrogen) atoms. The molecule has 0 radical (unpaired) electrons. The van der Waals surface area contributed by atoms with Gasteiger partial charge in [-0.05, 0) is 48.0 Å². The van der Waals surface area contributed by atoms with E-state index in [-0.39, 0.29) is 11.8 Å². The van der Waals surface area contributed by atoms with Gasteiger partial charge in [-0.15, -0.1) is 0 Å². The third kappa shape index (κ3) is 5.04. The van der Waals surface area contributed by atoms with Gasteiger partial charge in [-0.25, -0.2) is 4.79 Å². The monoisotopic (exact) mass is 352 g/mol. The predicted molar refractivity (Wildman–Crippen MR) is 99.9 cm³/mol. The highest BCUT2D eigenvalue weighted by Gasteiger charge is 2.07. The van der Waals surface area contributed by atoms with Gasteiger partial charge in [-0.1, -0.05) is 12.1 Å². The van der Waals surface area contributed by atoms with E-state index in [0.29, 0.717) is 16.8 Å². The molecular weight excluding hydrogens is 332 g/mol. The lowest BCUT2D eigenvalue weighted by Gasteiger charge is -2.10. The highest BCUT2D eigenvalue weighted by molar-refractivity contribution is 6.02. The molecule has 1 N–H and O–H groups in total. The number of rotatable bonds is 5. The van der Waals surface area contributed by atoms with Crippen LogP contribution >= 0.6 is 0 Å². The SMILES string of the molecule is COC(=O)c1ccc(/C=C/C(=O)Nc2ccc(C(=O)N(C)C)cc2)cc1. The molecule has 0 unspecified atom stereocenters. The average Bonchev–Trinajstić information content (AvgIpc) is 2.66. The lowest BCUT2D eigenvalue weighted by atomic mass is 10.1. The van der Waals surface area contributed by atoms with Gasteiger partial charge in [0.2, 0.25) is 5.91 Å². The number of esters is 1. The summed E-state index contributed by atoms with van der Waals surface area (Å²) in [6, 6.07) is 13.4. The third-order valence-corrected chi connectivity index (χ3v) is 3.56. The van der Waals surface area contributed by atoms with E-state index < -0.39 is 5.97 Å². The summed E-state index contributed by atoms with van der Waals surface area (Å²) < 4.78 is 4.63. The molecule has 0 saturated carbocycles. The largest absolute Gasteiger partial charge is 0.465 e. The lowest BCUT2D eigenvalue weighted by Crippen LogP contribution is -2.21. The van der Waals surface area contributed by atoms with Crippen molar-refractivity contribution < 1.29 is 19.1 Å². The van der Waals surface area contributed by atoms with E-state index in [0.717, 1.165) is 5.56 Å². The number of carbonyl (C=O) groups is 3. The number of carbonyl (C=O) groups excluding carboxylic acids is 3. The smallest absolute Gasteiger partial charge is 0.337 e. The first-order valence-electron chi connectivity index (χ1n) is 7.90. The van der Waals surface area contributed by atoms with Crippen LogP contribution in [0, 0.1) is 0 Å². The summed E-state index contributed by atoms with van der Waals surface area (Å²) in [7, 11) is 4.69. The molecule has 134 valence electrons. The van der Waals surface area contributed by atoms with Crippen LogP contribution in [0.2, 0.25) is 0 Å². The van der Waals surface area contributed by atoms with Crippen molar-refractivity contribution >= 4 is 29.5 Å². The van der Waals surface area contributed by atoms with Crippen molar-refractivity contribution in [1.29, 1.82) is 0 Å². The highest BCUT2D eigenvalue weighted by Crippen LogP contribution is 2.12. The first kappa shape index (κ1) is 18.9. The zero-order valence-electron chi connectivity index (χ0n) is 14.9. The van der Waals surface area contributed by atoms with Crippen LogP contribution in [0.3, 0.4) is 0 Å². The Morgan fingerprint density at radius 2 is 1.50 bits per heavy atom. The molecular formula is C20H20N2O4. The molecule has 0 heterocycles. The molecule has 0 spiro atoms. The van der Waals surface area contributed by atoms with Crippen molar-refractivity contribution in [3.63, 3.8) is 0 Å². The van der Waals surface area contributed by atoms with E-state index in [4.69, 9.17) is 0 Å². The molecule has 0 aromatic heterocycles. The van der Waals surface area contributed by atoms with Gasteiger partial charge in [0, 0.05) is 31.4 Å². The van der Waals surface area contributed by atoms with Crippen LogP contribution < -0.4 is 5.32 Å². The Balaban J connectivity index is 1.96. The maximum absolute atomic E-state index is 12.0. The van der Waals surface area contributed by atoms with Gasteiger partial charge < -0.3 is 15.0 Å². The molecule has 2 aromatic rings. The van der Waals surface area contributed by atoms with Gasteiger partial charge in [-0.2, -0.15) is 0 Å². The number of ether oxygens (including phenoxy) is 1. The van der Waals surface area contributed by atoms with Crippen LogP contribution in [0.1, 0.15) is 26.3 Å². The first-order valence-corrected chi connectivity index (χ1v) is 7.90. The van der Waals surface area contributed by atoms with Crippen LogP contribution in [0.4, 0.5) is 5.69 Å². The molecule has 0 atom stereocenters. The van der Waals surface area contributed by atoms with Gasteiger partial charge in [0.1, 0.15) is 0 Å². The number of benzene rings is 2. The van der Waals surface area contributed by atoms with E-state index in [1.165, 1.54) is 18.1 Å². The van der Waals surface area contributed by atoms with Crippen molar-refractivity contribution in [2.45, 2.75) is 0 Å². The second kappa shape index (κ2) is 8.62. The van der Waals surface area contributed by atoms with Crippen LogP contribution in [0.15, 0.2) is 54.6 Å². The van der Waals surface area contributed by atoms with E-state index >= 15 is 0 Å². The van der Waals surface area contributed by atoms with Crippen LogP contribution in [-0.2, 0) is 9.53 Å². The lowest BCUT2D eigenvalue weighted by molar-refractivity contribution is -0.111. The first-order chi connectivity index (χ1) is 12.4. The van der Waals surface area contributed by atoms with E-state index in [1.807, 2.05) is 0 Å². The Hall–Kier alpha value is -3.41. The molecule has 0 bridgehead atoms. The van der Waals surface area contributed by atoms with Crippen LogP contribution in [-0.4, -0.2) is 43.9 Å². The van der Waals surface area contributed by atoms with Gasteiger partial charge >= 0.3 is 5.97 Å². The summed E-state index contributed by atoms with van der Waals surface area (Å²) in [5.41, 5.74) is 2.37. The fraction of sp³-hybridized carbons (Fsp3) is 0.150. The fourth-order valence-electron chi connectivity index (χ4n) is 2.16. The second-order valence-corrected chi connectivity index (χ2v) is 5.71. The zero-order chi connectivity index (χ0) is 19.1. The van der Waals surface area contributed by atoms with E-state index in [2.05, 4.69) is 10.1 Å². The number of anilines is 1. The van der Waals surface area contributed by atoms with Crippen molar-refractivity contribution in [3.8, 4) is 0 Å². The molecule has 0 aliphatic heterocycles. The number of amides is 2. The van der Waals surface area contributed by atoms with Crippen molar-refractivity contribution in [1.82, 2.24) is 4.90 Å². The van der Waals surface area contributed by atoms with Gasteiger partial charge in [0.05, 0.1) is 12.7 Å². The standard InChI is InChI=1S/C20H20N2O4/c1-22(2)19(24)15-9-11-17(12-10-15)21-18(23)13-6-14-4-7-16(8-5-14)20(25)26-3/h4-13H,1-3H3,(H,21,23)/b13-6+. The van der Waals surface area contributed by atoms with Crippen LogP contribution in [0.25, 0.3) is 6.08 Å². The third-order valence-electron chi connectivity index (χ3n) is 3.56. The van der Waals surface area contributed by atoms with Gasteiger partial charge in [0.25, 0.3) is 5.91 Å². The Bertz CT molecular complexity index is 822. The molecule has 2 rings (SSSR count). The predicted octanol–water partition coefficient (Wildman–Crippen LogP) is 2.83. The summed E-state index contributed by atoms with van der Waals surface area (Å²) in [4.78, 5) is 36.7.